The van der Waals surface area contributed by atoms with Gasteiger partial charge in [0.2, 0.25) is 0 Å². The van der Waals surface area contributed by atoms with Gasteiger partial charge in [0.1, 0.15) is 0 Å². The van der Waals surface area contributed by atoms with Crippen molar-refractivity contribution in [1.82, 2.24) is 4.98 Å². The third-order valence-electron chi connectivity index (χ3n) is 1.13. The highest BCUT2D eigenvalue weighted by atomic mass is 35.5. The lowest BCUT2D eigenvalue weighted by atomic mass is 10.4. The molecule has 4 nitrogen and oxygen atoms in total. The lowest BCUT2D eigenvalue weighted by Gasteiger charge is -2.03. The Morgan fingerprint density at radius 1 is 1.54 bits per heavy atom. The minimum absolute atomic E-state index is 0.143. The van der Waals surface area contributed by atoms with Gasteiger partial charge in [0.15, 0.2) is 16.1 Å². The quantitative estimate of drug-likeness (QED) is 0.722. The summed E-state index contributed by atoms with van der Waals surface area (Å²) in [7, 11) is 0. The molecule has 0 aliphatic heterocycles. The van der Waals surface area contributed by atoms with Crippen LogP contribution in [0.25, 0.3) is 0 Å². The molecule has 70 valence electrons. The van der Waals surface area contributed by atoms with Crippen LogP contribution in [0.15, 0.2) is 6.07 Å². The van der Waals surface area contributed by atoms with Gasteiger partial charge in [-0.1, -0.05) is 23.2 Å². The van der Waals surface area contributed by atoms with Crippen molar-refractivity contribution in [1.29, 1.82) is 0 Å². The lowest BCUT2D eigenvalue weighted by Crippen LogP contribution is -2.08. The average molecular weight is 225 g/mol. The van der Waals surface area contributed by atoms with E-state index in [4.69, 9.17) is 28.3 Å². The van der Waals surface area contributed by atoms with Crippen LogP contribution in [0, 0.1) is 5.82 Å². The fourth-order valence-corrected chi connectivity index (χ4v) is 1.02. The molecule has 1 amide bonds. The number of aromatic nitrogens is 1. The molecule has 0 unspecified atom stereocenters. The summed E-state index contributed by atoms with van der Waals surface area (Å²) in [6, 6.07) is 0.853. The van der Waals surface area contributed by atoms with Crippen molar-refractivity contribution in [2.75, 3.05) is 5.32 Å². The summed E-state index contributed by atoms with van der Waals surface area (Å²) in [5, 5.41) is 9.56. The van der Waals surface area contributed by atoms with Gasteiger partial charge in [-0.05, 0) is 0 Å². The van der Waals surface area contributed by atoms with E-state index in [-0.39, 0.29) is 10.8 Å². The Morgan fingerprint density at radius 3 is 2.69 bits per heavy atom. The second-order valence-electron chi connectivity index (χ2n) is 2.03. The van der Waals surface area contributed by atoms with Crippen molar-refractivity contribution in [3.63, 3.8) is 0 Å². The molecule has 0 saturated carbocycles. The lowest BCUT2D eigenvalue weighted by molar-refractivity contribution is 0.209. The van der Waals surface area contributed by atoms with Crippen LogP contribution in [-0.4, -0.2) is 16.2 Å². The number of rotatable bonds is 1. The maximum absolute atomic E-state index is 12.7. The summed E-state index contributed by atoms with van der Waals surface area (Å²) < 4.78 is 12.7. The highest BCUT2D eigenvalue weighted by Gasteiger charge is 2.10. The largest absolute Gasteiger partial charge is 0.465 e. The van der Waals surface area contributed by atoms with E-state index in [0.29, 0.717) is 0 Å². The minimum atomic E-state index is -1.36. The maximum atomic E-state index is 12.7. The number of anilines is 1. The average Bonchev–Trinajstić information content (AvgIpc) is 1.99. The van der Waals surface area contributed by atoms with Crippen LogP contribution in [0.5, 0.6) is 0 Å². The zero-order chi connectivity index (χ0) is 10.0. The molecule has 1 rings (SSSR count). The topological polar surface area (TPSA) is 62.2 Å². The van der Waals surface area contributed by atoms with Gasteiger partial charge in [-0.3, -0.25) is 5.32 Å². The zero-order valence-corrected chi connectivity index (χ0v) is 7.53. The monoisotopic (exact) mass is 224 g/mol. The molecular weight excluding hydrogens is 222 g/mol. The molecule has 1 aromatic heterocycles. The third-order valence-corrected chi connectivity index (χ3v) is 1.68. The van der Waals surface area contributed by atoms with Crippen LogP contribution in [0.2, 0.25) is 10.3 Å². The Balaban J connectivity index is 3.08. The van der Waals surface area contributed by atoms with Crippen molar-refractivity contribution in [3.05, 3.63) is 22.2 Å². The molecule has 0 radical (unpaired) electrons. The van der Waals surface area contributed by atoms with Crippen molar-refractivity contribution in [3.8, 4) is 0 Å². The maximum Gasteiger partial charge on any atom is 0.409 e. The van der Waals surface area contributed by atoms with E-state index >= 15 is 0 Å². The van der Waals surface area contributed by atoms with Crippen molar-refractivity contribution >= 4 is 35.0 Å². The summed E-state index contributed by atoms with van der Waals surface area (Å²) in [4.78, 5) is 13.5. The van der Waals surface area contributed by atoms with Gasteiger partial charge < -0.3 is 5.11 Å². The molecule has 0 saturated heterocycles. The van der Waals surface area contributed by atoms with E-state index in [9.17, 15) is 9.18 Å². The highest BCUT2D eigenvalue weighted by Crippen LogP contribution is 2.24. The van der Waals surface area contributed by atoms with Crippen molar-refractivity contribution < 1.29 is 14.3 Å². The summed E-state index contributed by atoms with van der Waals surface area (Å²) in [5.74, 6) is -0.838. The fraction of sp³-hybridized carbons (Fsp3) is 0. The zero-order valence-electron chi connectivity index (χ0n) is 6.01. The molecule has 0 aliphatic carbocycles. The predicted molar refractivity (Wildman–Crippen MR) is 45.9 cm³/mol. The van der Waals surface area contributed by atoms with Crippen LogP contribution in [-0.2, 0) is 0 Å². The predicted octanol–water partition coefficient (Wildman–Crippen LogP) is 2.62. The van der Waals surface area contributed by atoms with Crippen LogP contribution in [0.3, 0.4) is 0 Å². The summed E-state index contributed by atoms with van der Waals surface area (Å²) >= 11 is 10.7. The number of halogens is 3. The van der Waals surface area contributed by atoms with Gasteiger partial charge in [0, 0.05) is 6.07 Å². The van der Waals surface area contributed by atoms with Gasteiger partial charge in [-0.2, -0.15) is 0 Å². The summed E-state index contributed by atoms with van der Waals surface area (Å²) in [6.07, 6.45) is -1.36. The first kappa shape index (κ1) is 10.0. The standard InChI is InChI=1S/C6H3Cl2FN2O2/c7-4-2(9)1-3(5(8)11-4)10-6(12)13/h1,10H,(H,12,13). The molecule has 13 heavy (non-hydrogen) atoms. The van der Waals surface area contributed by atoms with Crippen LogP contribution in [0.1, 0.15) is 0 Å². The van der Waals surface area contributed by atoms with E-state index in [1.165, 1.54) is 0 Å². The second-order valence-corrected chi connectivity index (χ2v) is 2.75. The van der Waals surface area contributed by atoms with Gasteiger partial charge in [0.05, 0.1) is 5.69 Å². The van der Waals surface area contributed by atoms with Gasteiger partial charge in [-0.15, -0.1) is 0 Å². The number of carboxylic acid groups (broad SMARTS) is 1. The molecule has 0 aromatic carbocycles. The van der Waals surface area contributed by atoms with Gasteiger partial charge in [0.25, 0.3) is 0 Å². The van der Waals surface area contributed by atoms with Crippen LogP contribution >= 0.6 is 23.2 Å². The summed E-state index contributed by atoms with van der Waals surface area (Å²) in [5.41, 5.74) is -0.143. The normalized spacial score (nSPS) is 9.77. The van der Waals surface area contributed by atoms with E-state index in [1.54, 1.807) is 0 Å². The molecule has 2 N–H and O–H groups in total. The smallest absolute Gasteiger partial charge is 0.409 e. The Labute approximate surface area is 82.3 Å². The molecule has 7 heteroatoms. The number of pyridine rings is 1. The van der Waals surface area contributed by atoms with Crippen LogP contribution in [0.4, 0.5) is 14.9 Å². The Bertz CT molecular complexity index is 359. The number of nitrogens with one attached hydrogen (secondary N) is 1. The van der Waals surface area contributed by atoms with Crippen molar-refractivity contribution in [2.45, 2.75) is 0 Å². The van der Waals surface area contributed by atoms with Gasteiger partial charge in [-0.25, -0.2) is 14.2 Å². The van der Waals surface area contributed by atoms with Gasteiger partial charge >= 0.3 is 6.09 Å². The summed E-state index contributed by atoms with van der Waals surface area (Å²) in [6.45, 7) is 0. The number of carbonyl (C=O) groups is 1. The third kappa shape index (κ3) is 2.43. The SMILES string of the molecule is O=C(O)Nc1cc(F)c(Cl)nc1Cl. The Kier molecular flexibility index (Phi) is 2.90. The number of amides is 1. The Morgan fingerprint density at radius 2 is 2.15 bits per heavy atom. The Hall–Kier alpha value is -1.07. The highest BCUT2D eigenvalue weighted by molar-refractivity contribution is 6.34. The second kappa shape index (κ2) is 3.76. The van der Waals surface area contributed by atoms with E-state index in [2.05, 4.69) is 4.98 Å². The first-order chi connectivity index (χ1) is 6.00. The first-order valence-electron chi connectivity index (χ1n) is 3.02. The molecule has 1 heterocycles. The van der Waals surface area contributed by atoms with E-state index < -0.39 is 17.1 Å². The molecule has 1 aromatic rings. The van der Waals surface area contributed by atoms with E-state index in [1.807, 2.05) is 5.32 Å². The fourth-order valence-electron chi connectivity index (χ4n) is 0.648. The molecule has 0 spiro atoms. The first-order valence-corrected chi connectivity index (χ1v) is 3.78. The molecule has 0 fully saturated rings. The molecular formula is C6H3Cl2FN2O2. The molecule has 0 atom stereocenters. The number of hydrogen-bond acceptors (Lipinski definition) is 2. The van der Waals surface area contributed by atoms with E-state index in [0.717, 1.165) is 6.07 Å². The minimum Gasteiger partial charge on any atom is -0.465 e. The van der Waals surface area contributed by atoms with Crippen LogP contribution < -0.4 is 5.32 Å². The van der Waals surface area contributed by atoms with Crippen molar-refractivity contribution in [2.24, 2.45) is 0 Å². The number of nitrogens with zero attached hydrogens (tertiary/aromatic N) is 1. The number of hydrogen-bond donors (Lipinski definition) is 2. The molecule has 0 aliphatic rings. The molecule has 0 bridgehead atoms.